The summed E-state index contributed by atoms with van der Waals surface area (Å²) in [5.41, 5.74) is 1.17. The van der Waals surface area contributed by atoms with Gasteiger partial charge in [-0.3, -0.25) is 0 Å². The quantitative estimate of drug-likeness (QED) is 0.869. The van der Waals surface area contributed by atoms with E-state index in [1.54, 1.807) is 11.3 Å². The van der Waals surface area contributed by atoms with E-state index in [1.807, 2.05) is 25.2 Å². The van der Waals surface area contributed by atoms with Crippen LogP contribution in [0.5, 0.6) is 0 Å². The van der Waals surface area contributed by atoms with Crippen LogP contribution >= 0.6 is 22.9 Å². The predicted molar refractivity (Wildman–Crippen MR) is 71.3 cm³/mol. The van der Waals surface area contributed by atoms with Crippen molar-refractivity contribution in [3.05, 3.63) is 57.2 Å². The highest BCUT2D eigenvalue weighted by atomic mass is 35.5. The SMILES string of the molecule is CNC(Cc1cccs1)c1ccccc1Cl. The molecule has 1 atom stereocenters. The molecular formula is C13H14ClNS. The monoisotopic (exact) mass is 251 g/mol. The van der Waals surface area contributed by atoms with Gasteiger partial charge in [-0.2, -0.15) is 0 Å². The number of rotatable bonds is 4. The molecular weight excluding hydrogens is 238 g/mol. The lowest BCUT2D eigenvalue weighted by molar-refractivity contribution is 0.597. The van der Waals surface area contributed by atoms with Gasteiger partial charge < -0.3 is 5.32 Å². The molecule has 0 fully saturated rings. The van der Waals surface area contributed by atoms with Crippen LogP contribution in [0.25, 0.3) is 0 Å². The average molecular weight is 252 g/mol. The molecule has 0 saturated carbocycles. The van der Waals surface area contributed by atoms with Crippen LogP contribution in [0.3, 0.4) is 0 Å². The molecule has 0 radical (unpaired) electrons. The van der Waals surface area contributed by atoms with E-state index in [0.717, 1.165) is 11.4 Å². The second kappa shape index (κ2) is 5.48. The molecule has 1 aromatic carbocycles. The Bertz CT molecular complexity index is 439. The molecule has 3 heteroatoms. The second-order valence-corrected chi connectivity index (χ2v) is 5.09. The van der Waals surface area contributed by atoms with E-state index in [1.165, 1.54) is 10.4 Å². The lowest BCUT2D eigenvalue weighted by Crippen LogP contribution is -2.18. The lowest BCUT2D eigenvalue weighted by atomic mass is 10.0. The molecule has 2 aromatic rings. The fraction of sp³-hybridized carbons (Fsp3) is 0.231. The zero-order valence-corrected chi connectivity index (χ0v) is 10.7. The maximum Gasteiger partial charge on any atom is 0.0453 e. The molecule has 1 unspecified atom stereocenters. The first-order valence-corrected chi connectivity index (χ1v) is 6.51. The summed E-state index contributed by atoms with van der Waals surface area (Å²) in [4.78, 5) is 1.37. The van der Waals surface area contributed by atoms with Crippen LogP contribution in [0.2, 0.25) is 5.02 Å². The summed E-state index contributed by atoms with van der Waals surface area (Å²) >= 11 is 7.99. The van der Waals surface area contributed by atoms with Gasteiger partial charge in [0.1, 0.15) is 0 Å². The Balaban J connectivity index is 2.20. The van der Waals surface area contributed by atoms with Crippen LogP contribution in [-0.2, 0) is 6.42 Å². The molecule has 1 heterocycles. The van der Waals surface area contributed by atoms with Crippen molar-refractivity contribution in [2.75, 3.05) is 7.05 Å². The third-order valence-corrected chi connectivity index (χ3v) is 3.86. The first-order chi connectivity index (χ1) is 7.81. The molecule has 0 saturated heterocycles. The Kier molecular flexibility index (Phi) is 3.99. The molecule has 2 rings (SSSR count). The van der Waals surface area contributed by atoms with Gasteiger partial charge in [-0.1, -0.05) is 35.9 Å². The Morgan fingerprint density at radius 2 is 2.06 bits per heavy atom. The van der Waals surface area contributed by atoms with Crippen LogP contribution < -0.4 is 5.32 Å². The van der Waals surface area contributed by atoms with Crippen molar-refractivity contribution in [1.82, 2.24) is 5.32 Å². The van der Waals surface area contributed by atoms with E-state index in [9.17, 15) is 0 Å². The normalized spacial score (nSPS) is 12.6. The van der Waals surface area contributed by atoms with Crippen LogP contribution in [0.15, 0.2) is 41.8 Å². The van der Waals surface area contributed by atoms with Gasteiger partial charge in [0.2, 0.25) is 0 Å². The van der Waals surface area contributed by atoms with Crippen molar-refractivity contribution in [2.45, 2.75) is 12.5 Å². The molecule has 0 bridgehead atoms. The van der Waals surface area contributed by atoms with Gasteiger partial charge >= 0.3 is 0 Å². The summed E-state index contributed by atoms with van der Waals surface area (Å²) < 4.78 is 0. The van der Waals surface area contributed by atoms with Crippen LogP contribution in [0.1, 0.15) is 16.5 Å². The molecule has 0 aliphatic rings. The molecule has 0 aliphatic heterocycles. The first kappa shape index (κ1) is 11.6. The van der Waals surface area contributed by atoms with Crippen molar-refractivity contribution >= 4 is 22.9 Å². The summed E-state index contributed by atoms with van der Waals surface area (Å²) in [6.45, 7) is 0. The minimum absolute atomic E-state index is 0.285. The minimum Gasteiger partial charge on any atom is -0.313 e. The lowest BCUT2D eigenvalue weighted by Gasteiger charge is -2.17. The largest absolute Gasteiger partial charge is 0.313 e. The summed E-state index contributed by atoms with van der Waals surface area (Å²) in [5.74, 6) is 0. The molecule has 84 valence electrons. The van der Waals surface area contributed by atoms with Crippen LogP contribution in [0, 0.1) is 0 Å². The number of benzene rings is 1. The molecule has 0 amide bonds. The highest BCUT2D eigenvalue weighted by Crippen LogP contribution is 2.26. The third-order valence-electron chi connectivity index (χ3n) is 2.61. The standard InChI is InChI=1S/C13H14ClNS/c1-15-13(9-10-5-4-8-16-10)11-6-2-3-7-12(11)14/h2-8,13,15H,9H2,1H3. The molecule has 0 aliphatic carbocycles. The van der Waals surface area contributed by atoms with Crippen LogP contribution in [0.4, 0.5) is 0 Å². The number of hydrogen-bond acceptors (Lipinski definition) is 2. The van der Waals surface area contributed by atoms with E-state index in [2.05, 4.69) is 28.9 Å². The van der Waals surface area contributed by atoms with Gasteiger partial charge in [-0.15, -0.1) is 11.3 Å². The molecule has 0 spiro atoms. The Morgan fingerprint density at radius 3 is 2.69 bits per heavy atom. The summed E-state index contributed by atoms with van der Waals surface area (Å²) in [7, 11) is 1.97. The van der Waals surface area contributed by atoms with E-state index in [-0.39, 0.29) is 6.04 Å². The first-order valence-electron chi connectivity index (χ1n) is 5.25. The number of nitrogens with one attached hydrogen (secondary N) is 1. The van der Waals surface area contributed by atoms with E-state index in [4.69, 9.17) is 11.6 Å². The number of likely N-dealkylation sites (N-methyl/N-ethyl adjacent to an activating group) is 1. The van der Waals surface area contributed by atoms with Gasteiger partial charge in [0, 0.05) is 22.4 Å². The highest BCUT2D eigenvalue weighted by Gasteiger charge is 2.13. The maximum atomic E-state index is 6.20. The van der Waals surface area contributed by atoms with Crippen molar-refractivity contribution in [3.63, 3.8) is 0 Å². The van der Waals surface area contributed by atoms with Gasteiger partial charge in [0.25, 0.3) is 0 Å². The Labute approximate surface area is 105 Å². The van der Waals surface area contributed by atoms with E-state index >= 15 is 0 Å². The molecule has 1 nitrogen and oxygen atoms in total. The van der Waals surface area contributed by atoms with Crippen molar-refractivity contribution < 1.29 is 0 Å². The number of hydrogen-bond donors (Lipinski definition) is 1. The summed E-state index contributed by atoms with van der Waals surface area (Å²) in [6, 6.07) is 12.5. The van der Waals surface area contributed by atoms with Crippen molar-refractivity contribution in [2.24, 2.45) is 0 Å². The van der Waals surface area contributed by atoms with Gasteiger partial charge in [0.15, 0.2) is 0 Å². The second-order valence-electron chi connectivity index (χ2n) is 3.65. The van der Waals surface area contributed by atoms with E-state index in [0.29, 0.717) is 0 Å². The predicted octanol–water partition coefficient (Wildman–Crippen LogP) is 3.90. The topological polar surface area (TPSA) is 12.0 Å². The van der Waals surface area contributed by atoms with Crippen molar-refractivity contribution in [3.8, 4) is 0 Å². The number of thiophene rings is 1. The Hall–Kier alpha value is -0.830. The minimum atomic E-state index is 0.285. The summed E-state index contributed by atoms with van der Waals surface area (Å²) in [6.07, 6.45) is 0.984. The summed E-state index contributed by atoms with van der Waals surface area (Å²) in [5, 5.41) is 6.26. The van der Waals surface area contributed by atoms with Crippen molar-refractivity contribution in [1.29, 1.82) is 0 Å². The fourth-order valence-corrected chi connectivity index (χ4v) is 2.77. The smallest absolute Gasteiger partial charge is 0.0453 e. The zero-order valence-electron chi connectivity index (χ0n) is 9.11. The average Bonchev–Trinajstić information content (AvgIpc) is 2.80. The van der Waals surface area contributed by atoms with Gasteiger partial charge in [-0.25, -0.2) is 0 Å². The van der Waals surface area contributed by atoms with E-state index < -0.39 is 0 Å². The van der Waals surface area contributed by atoms with Gasteiger partial charge in [-0.05, 0) is 30.1 Å². The third kappa shape index (κ3) is 2.64. The van der Waals surface area contributed by atoms with Gasteiger partial charge in [0.05, 0.1) is 0 Å². The van der Waals surface area contributed by atoms with Crippen LogP contribution in [-0.4, -0.2) is 7.05 Å². The molecule has 16 heavy (non-hydrogen) atoms. The zero-order chi connectivity index (χ0) is 11.4. The Morgan fingerprint density at radius 1 is 1.25 bits per heavy atom. The molecule has 1 N–H and O–H groups in total. The maximum absolute atomic E-state index is 6.20. The number of halogens is 1. The molecule has 1 aromatic heterocycles. The highest BCUT2D eigenvalue weighted by molar-refractivity contribution is 7.09. The fourth-order valence-electron chi connectivity index (χ4n) is 1.76.